The molecule has 0 saturated heterocycles. The lowest BCUT2D eigenvalue weighted by Gasteiger charge is -2.31. The van der Waals surface area contributed by atoms with Gasteiger partial charge in [-0.2, -0.15) is 0 Å². The number of carboxylic acids is 2. The van der Waals surface area contributed by atoms with Crippen molar-refractivity contribution in [3.63, 3.8) is 0 Å². The van der Waals surface area contributed by atoms with E-state index in [0.717, 1.165) is 11.4 Å². The van der Waals surface area contributed by atoms with E-state index in [1.54, 1.807) is 44.6 Å². The van der Waals surface area contributed by atoms with Crippen molar-refractivity contribution in [1.82, 2.24) is 24.8 Å². The number of aromatic nitrogens is 4. The standard InChI is InChI=1S/C9H15N3O2.C6H9N3O2/c1-9(8(13)14,12(2)3)4-7-5-10-6-11-7;7-5(6(10)11)1-4-2-8-3-9-4/h5-6H,4H2,1-3H3,(H,10,11)(H,13,14);2-3,5H,1,7H2,(H,8,9)(H,10,11). The minimum Gasteiger partial charge on any atom is -0.480 e. The van der Waals surface area contributed by atoms with Gasteiger partial charge >= 0.3 is 11.9 Å². The first-order valence-corrected chi connectivity index (χ1v) is 7.50. The molecule has 2 heterocycles. The molecule has 2 atom stereocenters. The van der Waals surface area contributed by atoms with E-state index in [1.165, 1.54) is 6.33 Å². The number of imidazole rings is 2. The molecule has 10 heteroatoms. The number of hydrogen-bond acceptors (Lipinski definition) is 6. The van der Waals surface area contributed by atoms with Crippen LogP contribution in [0.5, 0.6) is 0 Å². The Kier molecular flexibility index (Phi) is 7.27. The van der Waals surface area contributed by atoms with Crippen LogP contribution in [0.25, 0.3) is 0 Å². The number of aliphatic carboxylic acids is 2. The Morgan fingerprint density at radius 2 is 1.72 bits per heavy atom. The van der Waals surface area contributed by atoms with Crippen LogP contribution in [0.4, 0.5) is 0 Å². The quantitative estimate of drug-likeness (QED) is 0.454. The molecule has 0 aliphatic heterocycles. The fourth-order valence-corrected chi connectivity index (χ4v) is 1.90. The van der Waals surface area contributed by atoms with Gasteiger partial charge in [0.05, 0.1) is 12.7 Å². The van der Waals surface area contributed by atoms with Crippen LogP contribution in [0.2, 0.25) is 0 Å². The van der Waals surface area contributed by atoms with Crippen molar-refractivity contribution in [2.45, 2.75) is 31.3 Å². The van der Waals surface area contributed by atoms with Gasteiger partial charge in [0.2, 0.25) is 0 Å². The van der Waals surface area contributed by atoms with Crippen molar-refractivity contribution in [1.29, 1.82) is 0 Å². The zero-order valence-corrected chi connectivity index (χ0v) is 14.4. The summed E-state index contributed by atoms with van der Waals surface area (Å²) >= 11 is 0. The second kappa shape index (κ2) is 8.94. The molecule has 0 fully saturated rings. The van der Waals surface area contributed by atoms with Crippen LogP contribution in [0.3, 0.4) is 0 Å². The molecule has 2 rings (SSSR count). The number of aromatic amines is 2. The third-order valence-corrected chi connectivity index (χ3v) is 3.85. The Balaban J connectivity index is 0.000000257. The third-order valence-electron chi connectivity index (χ3n) is 3.85. The van der Waals surface area contributed by atoms with Crippen molar-refractivity contribution in [3.05, 3.63) is 36.4 Å². The maximum Gasteiger partial charge on any atom is 0.324 e. The number of carboxylic acid groups (broad SMARTS) is 2. The molecule has 0 aliphatic rings. The molecule has 0 amide bonds. The number of H-pyrrole nitrogens is 2. The van der Waals surface area contributed by atoms with Gasteiger partial charge < -0.3 is 25.9 Å². The zero-order chi connectivity index (χ0) is 19.0. The van der Waals surface area contributed by atoms with Crippen molar-refractivity contribution in [2.75, 3.05) is 14.1 Å². The van der Waals surface area contributed by atoms with Gasteiger partial charge in [-0.25, -0.2) is 9.97 Å². The van der Waals surface area contributed by atoms with Gasteiger partial charge in [0, 0.05) is 36.6 Å². The number of likely N-dealkylation sites (N-methyl/N-ethyl adjacent to an activating group) is 1. The molecule has 138 valence electrons. The Morgan fingerprint density at radius 3 is 2.08 bits per heavy atom. The first-order chi connectivity index (χ1) is 11.7. The second-order valence-electron chi connectivity index (χ2n) is 5.95. The summed E-state index contributed by atoms with van der Waals surface area (Å²) in [5, 5.41) is 17.5. The largest absolute Gasteiger partial charge is 0.480 e. The summed E-state index contributed by atoms with van der Waals surface area (Å²) in [5.41, 5.74) is 5.92. The van der Waals surface area contributed by atoms with Crippen LogP contribution in [-0.4, -0.2) is 72.7 Å². The molecule has 0 aromatic carbocycles. The van der Waals surface area contributed by atoms with Gasteiger partial charge in [-0.1, -0.05) is 0 Å². The van der Waals surface area contributed by atoms with E-state index in [4.69, 9.17) is 15.9 Å². The monoisotopic (exact) mass is 352 g/mol. The van der Waals surface area contributed by atoms with E-state index in [2.05, 4.69) is 19.9 Å². The van der Waals surface area contributed by atoms with Gasteiger partial charge in [0.15, 0.2) is 0 Å². The molecular formula is C15H24N6O4. The highest BCUT2D eigenvalue weighted by atomic mass is 16.4. The minimum atomic E-state index is -1.00. The Bertz CT molecular complexity index is 656. The second-order valence-corrected chi connectivity index (χ2v) is 5.95. The average Bonchev–Trinajstić information content (AvgIpc) is 3.21. The molecule has 0 aliphatic carbocycles. The Hall–Kier alpha value is -2.72. The van der Waals surface area contributed by atoms with Crippen molar-refractivity contribution in [2.24, 2.45) is 5.73 Å². The summed E-state index contributed by atoms with van der Waals surface area (Å²) in [6.07, 6.45) is 6.94. The lowest BCUT2D eigenvalue weighted by molar-refractivity contribution is -0.148. The summed E-state index contributed by atoms with van der Waals surface area (Å²) in [4.78, 5) is 36.3. The van der Waals surface area contributed by atoms with E-state index in [0.29, 0.717) is 6.42 Å². The first kappa shape index (κ1) is 20.3. The van der Waals surface area contributed by atoms with Gasteiger partial charge in [-0.15, -0.1) is 0 Å². The number of nitrogens with one attached hydrogen (secondary N) is 2. The normalized spacial score (nSPS) is 14.3. The van der Waals surface area contributed by atoms with E-state index < -0.39 is 23.5 Å². The molecule has 10 nitrogen and oxygen atoms in total. The summed E-state index contributed by atoms with van der Waals surface area (Å²) in [7, 11) is 3.51. The Labute approximate surface area is 145 Å². The first-order valence-electron chi connectivity index (χ1n) is 7.50. The van der Waals surface area contributed by atoms with Gasteiger partial charge in [-0.05, 0) is 21.0 Å². The van der Waals surface area contributed by atoms with E-state index in [9.17, 15) is 9.59 Å². The Morgan fingerprint density at radius 1 is 1.20 bits per heavy atom. The highest BCUT2D eigenvalue weighted by molar-refractivity contribution is 5.78. The third kappa shape index (κ3) is 6.01. The van der Waals surface area contributed by atoms with Crippen molar-refractivity contribution >= 4 is 11.9 Å². The summed E-state index contributed by atoms with van der Waals surface area (Å²) in [6, 6.07) is -0.851. The van der Waals surface area contributed by atoms with Crippen LogP contribution in [0.1, 0.15) is 18.3 Å². The zero-order valence-electron chi connectivity index (χ0n) is 14.4. The van der Waals surface area contributed by atoms with Crippen LogP contribution < -0.4 is 5.73 Å². The fourth-order valence-electron chi connectivity index (χ4n) is 1.90. The topological polar surface area (TPSA) is 161 Å². The highest BCUT2D eigenvalue weighted by Gasteiger charge is 2.36. The molecule has 25 heavy (non-hydrogen) atoms. The summed E-state index contributed by atoms with van der Waals surface area (Å²) < 4.78 is 0. The SMILES string of the molecule is CN(C)C(C)(Cc1cnc[nH]1)C(=O)O.NC(Cc1cnc[nH]1)C(=O)O. The number of nitrogens with zero attached hydrogens (tertiary/aromatic N) is 3. The average molecular weight is 352 g/mol. The summed E-state index contributed by atoms with van der Waals surface area (Å²) in [5.74, 6) is -1.84. The number of rotatable bonds is 7. The molecular weight excluding hydrogens is 328 g/mol. The van der Waals surface area contributed by atoms with Gasteiger partial charge in [0.25, 0.3) is 0 Å². The van der Waals surface area contributed by atoms with Crippen LogP contribution in [-0.2, 0) is 22.4 Å². The van der Waals surface area contributed by atoms with E-state index in [1.807, 2.05) is 0 Å². The number of hydrogen-bond donors (Lipinski definition) is 5. The van der Waals surface area contributed by atoms with Gasteiger partial charge in [0.1, 0.15) is 11.6 Å². The predicted octanol–water partition coefficient (Wildman–Crippen LogP) is -0.279. The molecule has 0 radical (unpaired) electrons. The van der Waals surface area contributed by atoms with Crippen LogP contribution in [0.15, 0.2) is 25.0 Å². The number of carbonyl (C=O) groups is 2. The van der Waals surface area contributed by atoms with Crippen LogP contribution in [0, 0.1) is 0 Å². The van der Waals surface area contributed by atoms with Crippen molar-refractivity contribution in [3.8, 4) is 0 Å². The lowest BCUT2D eigenvalue weighted by Crippen LogP contribution is -2.50. The molecule has 0 bridgehead atoms. The molecule has 2 unspecified atom stereocenters. The predicted molar refractivity (Wildman–Crippen MR) is 89.9 cm³/mol. The van der Waals surface area contributed by atoms with E-state index in [-0.39, 0.29) is 6.42 Å². The summed E-state index contributed by atoms with van der Waals surface area (Å²) in [6.45, 7) is 1.69. The smallest absolute Gasteiger partial charge is 0.324 e. The maximum atomic E-state index is 11.1. The molecule has 2 aromatic heterocycles. The fraction of sp³-hybridized carbons (Fsp3) is 0.467. The molecule has 6 N–H and O–H groups in total. The highest BCUT2D eigenvalue weighted by Crippen LogP contribution is 2.17. The maximum absolute atomic E-state index is 11.1. The molecule has 0 saturated carbocycles. The lowest BCUT2D eigenvalue weighted by atomic mass is 9.95. The van der Waals surface area contributed by atoms with E-state index >= 15 is 0 Å². The van der Waals surface area contributed by atoms with Crippen LogP contribution >= 0.6 is 0 Å². The number of nitrogens with two attached hydrogens (primary N) is 1. The van der Waals surface area contributed by atoms with Gasteiger partial charge in [-0.3, -0.25) is 14.5 Å². The van der Waals surface area contributed by atoms with Crippen molar-refractivity contribution < 1.29 is 19.8 Å². The molecule has 0 spiro atoms. The minimum absolute atomic E-state index is 0.287. The molecule has 2 aromatic rings.